The van der Waals surface area contributed by atoms with Gasteiger partial charge < -0.3 is 13.6 Å². The Hall–Kier alpha value is -2.51. The zero-order chi connectivity index (χ0) is 17.2. The summed E-state index contributed by atoms with van der Waals surface area (Å²) in [6.45, 7) is 1.77. The van der Waals surface area contributed by atoms with Gasteiger partial charge in [0, 0.05) is 0 Å². The molecule has 0 saturated heterocycles. The largest absolute Gasteiger partial charge is 0.497 e. The van der Waals surface area contributed by atoms with Crippen molar-refractivity contribution in [3.05, 3.63) is 60.1 Å². The van der Waals surface area contributed by atoms with Crippen molar-refractivity contribution < 1.29 is 22.0 Å². The Balaban J connectivity index is 1.74. The molecule has 6 nitrogen and oxygen atoms in total. The lowest BCUT2D eigenvalue weighted by Gasteiger charge is -2.09. The van der Waals surface area contributed by atoms with Crippen LogP contribution in [0.15, 0.2) is 62.5 Å². The monoisotopic (exact) mass is 347 g/mol. The third-order valence-electron chi connectivity index (χ3n) is 3.53. The van der Waals surface area contributed by atoms with Gasteiger partial charge >= 0.3 is 0 Å². The third-order valence-corrected chi connectivity index (χ3v) is 5.10. The number of rotatable bonds is 6. The van der Waals surface area contributed by atoms with Gasteiger partial charge in [-0.1, -0.05) is 0 Å². The molecule has 0 aliphatic heterocycles. The van der Waals surface area contributed by atoms with E-state index in [9.17, 15) is 8.42 Å². The molecule has 3 aromatic rings. The highest BCUT2D eigenvalue weighted by Crippen LogP contribution is 2.24. The molecule has 7 heteroatoms. The van der Waals surface area contributed by atoms with E-state index in [4.69, 9.17) is 13.6 Å². The average Bonchev–Trinajstić information content (AvgIpc) is 3.23. The smallest absolute Gasteiger partial charge is 0.241 e. The number of aryl methyl sites for hydroxylation is 1. The Morgan fingerprint density at radius 3 is 2.62 bits per heavy atom. The van der Waals surface area contributed by atoms with Crippen LogP contribution in [0.4, 0.5) is 0 Å². The molecule has 0 amide bonds. The van der Waals surface area contributed by atoms with Crippen molar-refractivity contribution in [2.75, 3.05) is 7.11 Å². The summed E-state index contributed by atoms with van der Waals surface area (Å²) in [6, 6.07) is 11.8. The number of ether oxygens (including phenoxy) is 1. The van der Waals surface area contributed by atoms with Crippen molar-refractivity contribution in [1.29, 1.82) is 0 Å². The predicted octanol–water partition coefficient (Wildman–Crippen LogP) is 3.34. The quantitative estimate of drug-likeness (QED) is 0.739. The van der Waals surface area contributed by atoms with Crippen LogP contribution in [0.2, 0.25) is 0 Å². The van der Waals surface area contributed by atoms with E-state index in [-0.39, 0.29) is 11.4 Å². The summed E-state index contributed by atoms with van der Waals surface area (Å²) in [4.78, 5) is 0.209. The van der Waals surface area contributed by atoms with E-state index in [0.29, 0.717) is 28.6 Å². The minimum Gasteiger partial charge on any atom is -0.497 e. The first-order valence-electron chi connectivity index (χ1n) is 7.26. The molecule has 126 valence electrons. The molecule has 1 aromatic carbocycles. The van der Waals surface area contributed by atoms with Gasteiger partial charge in [-0.3, -0.25) is 0 Å². The predicted molar refractivity (Wildman–Crippen MR) is 88.2 cm³/mol. The van der Waals surface area contributed by atoms with Gasteiger partial charge in [0.25, 0.3) is 0 Å². The topological polar surface area (TPSA) is 81.7 Å². The second-order valence-electron chi connectivity index (χ2n) is 5.20. The summed E-state index contributed by atoms with van der Waals surface area (Å²) in [5.74, 6) is 2.25. The van der Waals surface area contributed by atoms with Gasteiger partial charge in [0.2, 0.25) is 10.0 Å². The van der Waals surface area contributed by atoms with Crippen LogP contribution in [0.3, 0.4) is 0 Å². The van der Waals surface area contributed by atoms with E-state index in [0.717, 1.165) is 0 Å². The fraction of sp³-hybridized carbons (Fsp3) is 0.176. The molecule has 2 aromatic heterocycles. The van der Waals surface area contributed by atoms with Crippen LogP contribution >= 0.6 is 0 Å². The van der Waals surface area contributed by atoms with E-state index in [2.05, 4.69) is 4.72 Å². The zero-order valence-electron chi connectivity index (χ0n) is 13.3. The number of furan rings is 2. The van der Waals surface area contributed by atoms with Crippen LogP contribution in [-0.2, 0) is 16.6 Å². The van der Waals surface area contributed by atoms with Crippen LogP contribution in [0.5, 0.6) is 5.75 Å². The second-order valence-corrected chi connectivity index (χ2v) is 6.93. The summed E-state index contributed by atoms with van der Waals surface area (Å²) < 4.78 is 43.4. The lowest BCUT2D eigenvalue weighted by Crippen LogP contribution is -2.23. The molecule has 0 spiro atoms. The molecule has 0 atom stereocenters. The lowest BCUT2D eigenvalue weighted by atomic mass is 10.2. The minimum absolute atomic E-state index is 0.0501. The SMILES string of the molecule is COc1ccc(S(=O)(=O)NCc2ccc(-c3ccco3)o2)c(C)c1. The van der Waals surface area contributed by atoms with Gasteiger partial charge in [-0.05, 0) is 55.0 Å². The van der Waals surface area contributed by atoms with E-state index in [1.165, 1.54) is 13.2 Å². The third kappa shape index (κ3) is 3.37. The summed E-state index contributed by atoms with van der Waals surface area (Å²) >= 11 is 0. The first-order valence-corrected chi connectivity index (χ1v) is 8.75. The summed E-state index contributed by atoms with van der Waals surface area (Å²) in [7, 11) is -2.11. The highest BCUT2D eigenvalue weighted by atomic mass is 32.2. The van der Waals surface area contributed by atoms with Crippen molar-refractivity contribution in [3.8, 4) is 17.3 Å². The lowest BCUT2D eigenvalue weighted by molar-refractivity contribution is 0.414. The molecule has 0 radical (unpaired) electrons. The van der Waals surface area contributed by atoms with Crippen molar-refractivity contribution in [1.82, 2.24) is 4.72 Å². The Kier molecular flexibility index (Phi) is 4.46. The number of hydrogen-bond acceptors (Lipinski definition) is 5. The fourth-order valence-corrected chi connectivity index (χ4v) is 3.54. The number of methoxy groups -OCH3 is 1. The maximum Gasteiger partial charge on any atom is 0.241 e. The Labute approximate surface area is 140 Å². The van der Waals surface area contributed by atoms with Crippen LogP contribution in [-0.4, -0.2) is 15.5 Å². The molecule has 0 unspecified atom stereocenters. The van der Waals surface area contributed by atoms with Crippen molar-refractivity contribution in [2.24, 2.45) is 0 Å². The normalized spacial score (nSPS) is 11.6. The molecule has 0 bridgehead atoms. The van der Waals surface area contributed by atoms with E-state index in [1.54, 1.807) is 49.6 Å². The van der Waals surface area contributed by atoms with E-state index in [1.807, 2.05) is 0 Å². The molecular formula is C17H17NO5S. The maximum atomic E-state index is 12.4. The Bertz CT molecular complexity index is 926. The number of nitrogens with one attached hydrogen (secondary N) is 1. The van der Waals surface area contributed by atoms with E-state index < -0.39 is 10.0 Å². The zero-order valence-corrected chi connectivity index (χ0v) is 14.1. The van der Waals surface area contributed by atoms with Gasteiger partial charge in [-0.15, -0.1) is 0 Å². The number of hydrogen-bond donors (Lipinski definition) is 1. The molecule has 0 fully saturated rings. The molecule has 0 saturated carbocycles. The molecule has 3 rings (SSSR count). The van der Waals surface area contributed by atoms with Crippen LogP contribution < -0.4 is 9.46 Å². The molecule has 1 N–H and O–H groups in total. The Morgan fingerprint density at radius 1 is 1.12 bits per heavy atom. The number of benzene rings is 1. The number of sulfonamides is 1. The fourth-order valence-electron chi connectivity index (χ4n) is 2.32. The van der Waals surface area contributed by atoms with Gasteiger partial charge in [0.15, 0.2) is 11.5 Å². The maximum absolute atomic E-state index is 12.4. The van der Waals surface area contributed by atoms with Crippen molar-refractivity contribution in [3.63, 3.8) is 0 Å². The highest BCUT2D eigenvalue weighted by Gasteiger charge is 2.18. The first-order chi connectivity index (χ1) is 11.5. The summed E-state index contributed by atoms with van der Waals surface area (Å²) in [6.07, 6.45) is 1.55. The van der Waals surface area contributed by atoms with Crippen molar-refractivity contribution in [2.45, 2.75) is 18.4 Å². The highest BCUT2D eigenvalue weighted by molar-refractivity contribution is 7.89. The van der Waals surface area contributed by atoms with Crippen LogP contribution in [0.25, 0.3) is 11.5 Å². The standard InChI is InChI=1S/C17H17NO5S/c1-12-10-13(21-2)6-8-17(12)24(19,20)18-11-14-5-7-16(23-14)15-4-3-9-22-15/h3-10,18H,11H2,1-2H3. The van der Waals surface area contributed by atoms with Crippen molar-refractivity contribution >= 4 is 10.0 Å². The molecular weight excluding hydrogens is 330 g/mol. The summed E-state index contributed by atoms with van der Waals surface area (Å²) in [5.41, 5.74) is 0.609. The van der Waals surface area contributed by atoms with Crippen LogP contribution in [0, 0.1) is 6.92 Å². The summed E-state index contributed by atoms with van der Waals surface area (Å²) in [5, 5.41) is 0. The minimum atomic E-state index is -3.65. The molecule has 0 aliphatic carbocycles. The average molecular weight is 347 g/mol. The van der Waals surface area contributed by atoms with Gasteiger partial charge in [0.1, 0.15) is 11.5 Å². The molecule has 2 heterocycles. The first kappa shape index (κ1) is 16.4. The van der Waals surface area contributed by atoms with Gasteiger partial charge in [0.05, 0.1) is 24.8 Å². The second kappa shape index (κ2) is 6.54. The molecule has 24 heavy (non-hydrogen) atoms. The van der Waals surface area contributed by atoms with Crippen LogP contribution in [0.1, 0.15) is 11.3 Å². The van der Waals surface area contributed by atoms with E-state index >= 15 is 0 Å². The molecule has 0 aliphatic rings. The van der Waals surface area contributed by atoms with Gasteiger partial charge in [-0.2, -0.15) is 0 Å². The Morgan fingerprint density at radius 2 is 1.96 bits per heavy atom. The van der Waals surface area contributed by atoms with Gasteiger partial charge in [-0.25, -0.2) is 13.1 Å².